The molecule has 16 heavy (non-hydrogen) atoms. The lowest BCUT2D eigenvalue weighted by molar-refractivity contribution is -0.548. The van der Waals surface area contributed by atoms with E-state index in [9.17, 15) is 20.2 Å². The minimum Gasteiger partial charge on any atom is -0.339 e. The Balaban J connectivity index is 2.90. The molecule has 2 aromatic rings. The normalized spacial score (nSPS) is 10.6. The lowest BCUT2D eigenvalue weighted by atomic mass is 10.2. The number of aromatic nitrogens is 2. The molecule has 1 aromatic carbocycles. The van der Waals surface area contributed by atoms with Crippen LogP contribution in [0.2, 0.25) is 0 Å². The van der Waals surface area contributed by atoms with Crippen molar-refractivity contribution in [2.24, 2.45) is 0 Å². The van der Waals surface area contributed by atoms with E-state index >= 15 is 0 Å². The first kappa shape index (κ1) is 10.5. The van der Waals surface area contributed by atoms with Crippen LogP contribution in [0.15, 0.2) is 22.8 Å². The van der Waals surface area contributed by atoms with E-state index in [1.807, 2.05) is 0 Å². The van der Waals surface area contributed by atoms with E-state index in [0.29, 0.717) is 4.79 Å². The molecule has 1 heterocycles. The number of benzene rings is 1. The third-order valence-electron chi connectivity index (χ3n) is 1.98. The van der Waals surface area contributed by atoms with E-state index < -0.39 is 9.96 Å². The van der Waals surface area contributed by atoms with Crippen molar-refractivity contribution in [1.29, 1.82) is 0 Å². The highest BCUT2D eigenvalue weighted by atomic mass is 79.9. The van der Waals surface area contributed by atoms with Gasteiger partial charge in [-0.15, -0.1) is 0 Å². The molecular weight excluding hydrogens is 284 g/mol. The molecule has 82 valence electrons. The Morgan fingerprint density at radius 2 is 2.00 bits per heavy atom. The van der Waals surface area contributed by atoms with E-state index in [4.69, 9.17) is 0 Å². The van der Waals surface area contributed by atoms with Gasteiger partial charge in [0.25, 0.3) is 10.3 Å². The van der Waals surface area contributed by atoms with Crippen molar-refractivity contribution in [3.8, 4) is 0 Å². The van der Waals surface area contributed by atoms with E-state index in [-0.39, 0.29) is 21.2 Å². The predicted molar refractivity (Wildman–Crippen MR) is 56.5 cm³/mol. The fourth-order valence-electron chi connectivity index (χ4n) is 1.37. The molecule has 0 saturated heterocycles. The average molecular weight is 287 g/mol. The molecule has 0 aliphatic heterocycles. The maximum Gasteiger partial charge on any atom is 0.284 e. The molecule has 0 N–H and O–H groups in total. The van der Waals surface area contributed by atoms with Crippen molar-refractivity contribution in [3.63, 3.8) is 0 Å². The summed E-state index contributed by atoms with van der Waals surface area (Å²) >= 11 is 2.96. The lowest BCUT2D eigenvalue weighted by Gasteiger charge is -1.94. The lowest BCUT2D eigenvalue weighted by Crippen LogP contribution is -2.09. The Hall–Kier alpha value is -2.03. The van der Waals surface area contributed by atoms with Gasteiger partial charge < -0.3 is 10.1 Å². The van der Waals surface area contributed by atoms with Crippen LogP contribution in [-0.4, -0.2) is 19.8 Å². The highest BCUT2D eigenvalue weighted by molar-refractivity contribution is 9.10. The van der Waals surface area contributed by atoms with Crippen LogP contribution in [0.5, 0.6) is 0 Å². The standard InChI is InChI=1S/C7H3BrN4O4/c8-7-6-4(10(9-7)12(15)16)2-1-3-5(6)11(13)14/h1-3H. The number of nitro groups is 2. The SMILES string of the molecule is O=[N+]([O-])c1cccc2c1c(Br)nn2[N+](=O)[O-]. The molecular formula is C7H3BrN4O4. The van der Waals surface area contributed by atoms with Crippen LogP contribution < -0.4 is 0 Å². The average Bonchev–Trinajstić information content (AvgIpc) is 2.56. The summed E-state index contributed by atoms with van der Waals surface area (Å²) in [5, 5.41) is 24.3. The quantitative estimate of drug-likeness (QED) is 0.618. The number of rotatable bonds is 2. The fourth-order valence-corrected chi connectivity index (χ4v) is 1.93. The summed E-state index contributed by atoms with van der Waals surface area (Å²) in [5.74, 6) is 0. The van der Waals surface area contributed by atoms with Crippen LogP contribution >= 0.6 is 15.9 Å². The van der Waals surface area contributed by atoms with Crippen molar-refractivity contribution in [2.45, 2.75) is 0 Å². The molecule has 0 radical (unpaired) electrons. The third-order valence-corrected chi connectivity index (χ3v) is 2.53. The molecule has 0 amide bonds. The van der Waals surface area contributed by atoms with Gasteiger partial charge in [0.05, 0.1) is 15.1 Å². The summed E-state index contributed by atoms with van der Waals surface area (Å²) in [7, 11) is 0. The Kier molecular flexibility index (Phi) is 2.31. The molecule has 0 fully saturated rings. The predicted octanol–water partition coefficient (Wildman–Crippen LogP) is 1.75. The van der Waals surface area contributed by atoms with Crippen LogP contribution in [0.25, 0.3) is 10.9 Å². The minimum atomic E-state index is -0.753. The summed E-state index contributed by atoms with van der Waals surface area (Å²) in [6.45, 7) is 0. The van der Waals surface area contributed by atoms with Crippen molar-refractivity contribution in [2.75, 3.05) is 0 Å². The van der Waals surface area contributed by atoms with Gasteiger partial charge in [-0.1, -0.05) is 6.07 Å². The first-order chi connectivity index (χ1) is 7.52. The first-order valence-electron chi connectivity index (χ1n) is 3.98. The second-order valence-corrected chi connectivity index (χ2v) is 3.60. The highest BCUT2D eigenvalue weighted by Gasteiger charge is 2.25. The molecule has 0 bridgehead atoms. The smallest absolute Gasteiger partial charge is 0.284 e. The fraction of sp³-hybridized carbons (Fsp3) is 0. The molecule has 0 spiro atoms. The highest BCUT2D eigenvalue weighted by Crippen LogP contribution is 2.31. The van der Waals surface area contributed by atoms with Gasteiger partial charge in [-0.25, -0.2) is 0 Å². The Bertz CT molecular complexity index is 608. The molecule has 0 aliphatic carbocycles. The van der Waals surface area contributed by atoms with Gasteiger partial charge in [-0.2, -0.15) is 0 Å². The van der Waals surface area contributed by atoms with Gasteiger partial charge >= 0.3 is 0 Å². The number of halogens is 1. The molecule has 9 heteroatoms. The maximum atomic E-state index is 10.7. The number of nitro benzene ring substituents is 1. The summed E-state index contributed by atoms with van der Waals surface area (Å²) in [6, 6.07) is 4.02. The van der Waals surface area contributed by atoms with Crippen molar-refractivity contribution in [3.05, 3.63) is 43.0 Å². The molecule has 8 nitrogen and oxygen atoms in total. The van der Waals surface area contributed by atoms with Crippen LogP contribution in [0.4, 0.5) is 5.69 Å². The van der Waals surface area contributed by atoms with E-state index in [0.717, 1.165) is 0 Å². The number of fused-ring (bicyclic) bond motifs is 1. The molecule has 0 atom stereocenters. The van der Waals surface area contributed by atoms with Crippen LogP contribution in [0.3, 0.4) is 0 Å². The van der Waals surface area contributed by atoms with Gasteiger partial charge in [-0.05, 0) is 6.07 Å². The zero-order valence-corrected chi connectivity index (χ0v) is 9.12. The topological polar surface area (TPSA) is 104 Å². The van der Waals surface area contributed by atoms with E-state index in [1.54, 1.807) is 0 Å². The molecule has 1 aromatic heterocycles. The molecule has 0 unspecified atom stereocenters. The summed E-state index contributed by atoms with van der Waals surface area (Å²) in [5.41, 5.74) is -0.149. The zero-order valence-electron chi connectivity index (χ0n) is 7.53. The van der Waals surface area contributed by atoms with Gasteiger partial charge in [-0.3, -0.25) is 10.1 Å². The van der Waals surface area contributed by atoms with Crippen molar-refractivity contribution >= 4 is 32.5 Å². The molecule has 0 saturated carbocycles. The zero-order chi connectivity index (χ0) is 11.9. The summed E-state index contributed by atoms with van der Waals surface area (Å²) < 4.78 is 0.0755. The third kappa shape index (κ3) is 1.41. The van der Waals surface area contributed by atoms with Gasteiger partial charge in [0, 0.05) is 26.8 Å². The molecule has 2 rings (SSSR count). The maximum absolute atomic E-state index is 10.7. The second-order valence-electron chi connectivity index (χ2n) is 2.85. The number of non-ortho nitro benzene ring substituents is 1. The number of hydrogen-bond acceptors (Lipinski definition) is 5. The van der Waals surface area contributed by atoms with Gasteiger partial charge in [0.15, 0.2) is 5.52 Å². The van der Waals surface area contributed by atoms with Crippen molar-refractivity contribution < 1.29 is 9.96 Å². The molecule has 0 aliphatic rings. The van der Waals surface area contributed by atoms with Crippen LogP contribution in [-0.2, 0) is 0 Å². The Morgan fingerprint density at radius 1 is 1.31 bits per heavy atom. The van der Waals surface area contributed by atoms with Crippen LogP contribution in [0.1, 0.15) is 0 Å². The van der Waals surface area contributed by atoms with Crippen molar-refractivity contribution in [1.82, 2.24) is 9.89 Å². The van der Waals surface area contributed by atoms with E-state index in [1.165, 1.54) is 18.2 Å². The van der Waals surface area contributed by atoms with Gasteiger partial charge in [0.1, 0.15) is 5.39 Å². The summed E-state index contributed by atoms with van der Waals surface area (Å²) in [6.07, 6.45) is 0. The largest absolute Gasteiger partial charge is 0.339 e. The van der Waals surface area contributed by atoms with Crippen LogP contribution in [0, 0.1) is 20.2 Å². The Morgan fingerprint density at radius 3 is 2.56 bits per heavy atom. The monoisotopic (exact) mass is 286 g/mol. The van der Waals surface area contributed by atoms with Gasteiger partial charge in [0.2, 0.25) is 0 Å². The number of nitrogens with zero attached hydrogens (tertiary/aromatic N) is 4. The summed E-state index contributed by atoms with van der Waals surface area (Å²) in [4.78, 5) is 21.2. The van der Waals surface area contributed by atoms with E-state index in [2.05, 4.69) is 21.0 Å². The second kappa shape index (κ2) is 3.52. The number of hydrogen-bond donors (Lipinski definition) is 0. The first-order valence-corrected chi connectivity index (χ1v) is 4.78. The Labute approximate surface area is 95.9 Å². The minimum absolute atomic E-state index is 0.0751.